The van der Waals surface area contributed by atoms with E-state index in [0.717, 1.165) is 10.4 Å². The first-order chi connectivity index (χ1) is 13.3. The molecule has 0 aliphatic rings. The van der Waals surface area contributed by atoms with Crippen LogP contribution in [-0.4, -0.2) is 40.1 Å². The molecule has 0 saturated heterocycles. The van der Waals surface area contributed by atoms with Gasteiger partial charge in [-0.05, 0) is 37.5 Å². The molecule has 2 amide bonds. The van der Waals surface area contributed by atoms with Gasteiger partial charge in [-0.1, -0.05) is 44.2 Å². The minimum atomic E-state index is -0.644. The van der Waals surface area contributed by atoms with Crippen LogP contribution in [0.5, 0.6) is 0 Å². The van der Waals surface area contributed by atoms with Gasteiger partial charge in [0, 0.05) is 22.8 Å². The number of alkyl halides is 1. The van der Waals surface area contributed by atoms with E-state index in [9.17, 15) is 9.59 Å². The van der Waals surface area contributed by atoms with Crippen LogP contribution in [0.15, 0.2) is 42.5 Å². The van der Waals surface area contributed by atoms with Crippen molar-refractivity contribution in [1.29, 1.82) is 0 Å². The molecule has 0 unspecified atom stereocenters. The molecule has 2 aromatic rings. The number of carbonyl (C=O) groups excluding carboxylic acids is 2. The summed E-state index contributed by atoms with van der Waals surface area (Å²) < 4.78 is 0. The minimum absolute atomic E-state index is 0.0469. The molecule has 1 aromatic heterocycles. The van der Waals surface area contributed by atoms with E-state index in [1.807, 2.05) is 49.1 Å². The Morgan fingerprint density at radius 3 is 2.21 bits per heavy atom. The third-order valence-corrected chi connectivity index (χ3v) is 5.45. The van der Waals surface area contributed by atoms with Gasteiger partial charge in [0.15, 0.2) is 0 Å². The van der Waals surface area contributed by atoms with Crippen molar-refractivity contribution in [2.75, 3.05) is 13.1 Å². The van der Waals surface area contributed by atoms with E-state index >= 15 is 0 Å². The normalized spacial score (nSPS) is 12.1. The number of thiophene rings is 1. The fraction of sp³-hybridized carbons (Fsp3) is 0.455. The van der Waals surface area contributed by atoms with Crippen molar-refractivity contribution in [2.45, 2.75) is 46.2 Å². The van der Waals surface area contributed by atoms with Gasteiger partial charge in [-0.25, -0.2) is 0 Å². The Morgan fingerprint density at radius 1 is 1.00 bits per heavy atom. The summed E-state index contributed by atoms with van der Waals surface area (Å²) in [6.07, 6.45) is 0. The molecule has 1 atom stereocenters. The Kier molecular flexibility index (Phi) is 8.52. The lowest BCUT2D eigenvalue weighted by Crippen LogP contribution is -2.45. The zero-order chi connectivity index (χ0) is 20.7. The number of halogens is 1. The fourth-order valence-electron chi connectivity index (χ4n) is 2.98. The van der Waals surface area contributed by atoms with Crippen molar-refractivity contribution < 1.29 is 9.59 Å². The topological polar surface area (TPSA) is 40.6 Å². The maximum Gasteiger partial charge on any atom is 0.242 e. The Labute approximate surface area is 177 Å². The van der Waals surface area contributed by atoms with Gasteiger partial charge in [-0.2, -0.15) is 0 Å². The Hall–Kier alpha value is -1.85. The molecule has 4 nitrogen and oxygen atoms in total. The zero-order valence-electron chi connectivity index (χ0n) is 17.0. The van der Waals surface area contributed by atoms with Gasteiger partial charge in [0.1, 0.15) is 5.38 Å². The molecule has 152 valence electrons. The van der Waals surface area contributed by atoms with Crippen LogP contribution >= 0.6 is 22.9 Å². The highest BCUT2D eigenvalue weighted by molar-refractivity contribution is 7.11. The molecular formula is C22H29ClN2O2S. The first-order valence-electron chi connectivity index (χ1n) is 9.56. The first kappa shape index (κ1) is 22.4. The van der Waals surface area contributed by atoms with Crippen molar-refractivity contribution in [3.63, 3.8) is 0 Å². The molecule has 0 spiro atoms. The highest BCUT2D eigenvalue weighted by atomic mass is 35.5. The molecule has 1 heterocycles. The second-order valence-corrected chi connectivity index (χ2v) is 9.50. The predicted octanol–water partition coefficient (Wildman–Crippen LogP) is 4.70. The van der Waals surface area contributed by atoms with E-state index in [1.165, 1.54) is 4.88 Å². The molecule has 0 fully saturated rings. The van der Waals surface area contributed by atoms with E-state index in [-0.39, 0.29) is 24.3 Å². The summed E-state index contributed by atoms with van der Waals surface area (Å²) in [6.45, 7) is 9.37. The lowest BCUT2D eigenvalue weighted by atomic mass is 10.2. The van der Waals surface area contributed by atoms with Crippen molar-refractivity contribution in [3.05, 3.63) is 57.8 Å². The molecule has 6 heteroatoms. The molecular weight excluding hydrogens is 392 g/mol. The highest BCUT2D eigenvalue weighted by Crippen LogP contribution is 2.19. The van der Waals surface area contributed by atoms with E-state index in [1.54, 1.807) is 23.2 Å². The van der Waals surface area contributed by atoms with E-state index in [2.05, 4.69) is 19.1 Å². The summed E-state index contributed by atoms with van der Waals surface area (Å²) in [5.74, 6) is -0.00810. The number of hydrogen-bond acceptors (Lipinski definition) is 3. The second kappa shape index (κ2) is 10.6. The predicted molar refractivity (Wildman–Crippen MR) is 116 cm³/mol. The summed E-state index contributed by atoms with van der Waals surface area (Å²) in [7, 11) is 0. The van der Waals surface area contributed by atoms with Gasteiger partial charge in [-0.3, -0.25) is 9.59 Å². The maximum absolute atomic E-state index is 13.2. The first-order valence-corrected chi connectivity index (χ1v) is 10.8. The summed E-state index contributed by atoms with van der Waals surface area (Å²) >= 11 is 7.71. The van der Waals surface area contributed by atoms with Crippen LogP contribution in [0.1, 0.15) is 36.1 Å². The van der Waals surface area contributed by atoms with Crippen LogP contribution in [0.4, 0.5) is 0 Å². The van der Waals surface area contributed by atoms with Crippen LogP contribution in [-0.2, 0) is 22.7 Å². The number of benzene rings is 1. The summed E-state index contributed by atoms with van der Waals surface area (Å²) in [4.78, 5) is 31.4. The molecule has 0 bridgehead atoms. The minimum Gasteiger partial charge on any atom is -0.332 e. The van der Waals surface area contributed by atoms with E-state index in [4.69, 9.17) is 11.6 Å². The van der Waals surface area contributed by atoms with Gasteiger partial charge < -0.3 is 9.80 Å². The SMILES string of the molecule is Cc1ccc(CN(Cc2ccccc2)C(=O)CN(CC(C)C)C(=O)[C@@H](C)Cl)s1. The smallest absolute Gasteiger partial charge is 0.242 e. The lowest BCUT2D eigenvalue weighted by molar-refractivity contribution is -0.141. The Balaban J connectivity index is 2.19. The molecule has 0 N–H and O–H groups in total. The zero-order valence-corrected chi connectivity index (χ0v) is 18.6. The highest BCUT2D eigenvalue weighted by Gasteiger charge is 2.25. The van der Waals surface area contributed by atoms with Crippen molar-refractivity contribution in [3.8, 4) is 0 Å². The van der Waals surface area contributed by atoms with Gasteiger partial charge in [-0.15, -0.1) is 22.9 Å². The Bertz CT molecular complexity index is 774. The van der Waals surface area contributed by atoms with Crippen LogP contribution in [0.3, 0.4) is 0 Å². The van der Waals surface area contributed by atoms with Crippen LogP contribution < -0.4 is 0 Å². The van der Waals surface area contributed by atoms with Gasteiger partial charge in [0.2, 0.25) is 11.8 Å². The number of carbonyl (C=O) groups is 2. The van der Waals surface area contributed by atoms with Gasteiger partial charge in [0.05, 0.1) is 13.1 Å². The number of aryl methyl sites for hydroxylation is 1. The third-order valence-electron chi connectivity index (χ3n) is 4.28. The number of rotatable bonds is 9. The lowest BCUT2D eigenvalue weighted by Gasteiger charge is -2.29. The van der Waals surface area contributed by atoms with E-state index in [0.29, 0.717) is 19.6 Å². The quantitative estimate of drug-likeness (QED) is 0.552. The van der Waals surface area contributed by atoms with Crippen LogP contribution in [0, 0.1) is 12.8 Å². The van der Waals surface area contributed by atoms with Gasteiger partial charge >= 0.3 is 0 Å². The standard InChI is InChI=1S/C22H29ClN2O2S/c1-16(2)12-25(22(27)18(4)23)15-21(26)24(13-19-8-6-5-7-9-19)14-20-11-10-17(3)28-20/h5-11,16,18H,12-15H2,1-4H3/t18-/m1/s1. The monoisotopic (exact) mass is 420 g/mol. The number of amides is 2. The number of hydrogen-bond donors (Lipinski definition) is 0. The largest absolute Gasteiger partial charge is 0.332 e. The van der Waals surface area contributed by atoms with Crippen LogP contribution in [0.25, 0.3) is 0 Å². The van der Waals surface area contributed by atoms with Crippen molar-refractivity contribution in [2.24, 2.45) is 5.92 Å². The average molecular weight is 421 g/mol. The average Bonchev–Trinajstić information content (AvgIpc) is 3.05. The fourth-order valence-corrected chi connectivity index (χ4v) is 4.03. The third kappa shape index (κ3) is 6.95. The molecule has 2 rings (SSSR count). The molecule has 0 aliphatic heterocycles. The number of nitrogens with zero attached hydrogens (tertiary/aromatic N) is 2. The van der Waals surface area contributed by atoms with Crippen molar-refractivity contribution in [1.82, 2.24) is 9.80 Å². The summed E-state index contributed by atoms with van der Waals surface area (Å²) in [5.41, 5.74) is 1.07. The molecule has 1 aromatic carbocycles. The summed E-state index contributed by atoms with van der Waals surface area (Å²) in [6, 6.07) is 14.0. The molecule has 0 saturated carbocycles. The molecule has 28 heavy (non-hydrogen) atoms. The second-order valence-electron chi connectivity index (χ2n) is 7.48. The maximum atomic E-state index is 13.2. The Morgan fingerprint density at radius 2 is 1.68 bits per heavy atom. The summed E-state index contributed by atoms with van der Waals surface area (Å²) in [5, 5.41) is -0.644. The van der Waals surface area contributed by atoms with Crippen molar-refractivity contribution >= 4 is 34.8 Å². The van der Waals surface area contributed by atoms with Gasteiger partial charge in [0.25, 0.3) is 0 Å². The van der Waals surface area contributed by atoms with Crippen LogP contribution in [0.2, 0.25) is 0 Å². The molecule has 0 aliphatic carbocycles. The molecule has 0 radical (unpaired) electrons. The van der Waals surface area contributed by atoms with E-state index < -0.39 is 5.38 Å².